The number of anilines is 1. The van der Waals surface area contributed by atoms with Crippen molar-refractivity contribution >= 4 is 17.3 Å². The summed E-state index contributed by atoms with van der Waals surface area (Å²) in [6.45, 7) is 0.799. The van der Waals surface area contributed by atoms with Gasteiger partial charge >= 0.3 is 0 Å². The molecular weight excluding hydrogens is 253 g/mol. The van der Waals surface area contributed by atoms with E-state index >= 15 is 0 Å². The van der Waals surface area contributed by atoms with E-state index in [4.69, 9.17) is 16.3 Å². The smallest absolute Gasteiger partial charge is 0.143 e. The first-order chi connectivity index (χ1) is 8.67. The summed E-state index contributed by atoms with van der Waals surface area (Å²) in [7, 11) is 0. The van der Waals surface area contributed by atoms with E-state index in [1.54, 1.807) is 6.07 Å². The third-order valence-corrected chi connectivity index (χ3v) is 4.35. The summed E-state index contributed by atoms with van der Waals surface area (Å²) in [4.78, 5) is 0. The maximum atomic E-state index is 13.4. The highest BCUT2D eigenvalue weighted by atomic mass is 35.5. The van der Waals surface area contributed by atoms with Gasteiger partial charge in [0.05, 0.1) is 10.6 Å². The first-order valence-corrected chi connectivity index (χ1v) is 6.90. The number of hydrogen-bond donors (Lipinski definition) is 1. The zero-order valence-corrected chi connectivity index (χ0v) is 11.0. The molecular formula is C14H17ClFNO. The van der Waals surface area contributed by atoms with Crippen LogP contribution in [0.1, 0.15) is 32.1 Å². The van der Waals surface area contributed by atoms with Gasteiger partial charge in [-0.3, -0.25) is 0 Å². The Morgan fingerprint density at radius 3 is 2.89 bits per heavy atom. The minimum Gasteiger partial charge on any atom is -0.382 e. The molecule has 1 aromatic carbocycles. The number of benzene rings is 1. The van der Waals surface area contributed by atoms with Crippen molar-refractivity contribution in [3.05, 3.63) is 29.0 Å². The van der Waals surface area contributed by atoms with Crippen LogP contribution >= 0.6 is 11.6 Å². The normalized spacial score (nSPS) is 25.8. The summed E-state index contributed by atoms with van der Waals surface area (Å²) < 4.78 is 19.2. The largest absolute Gasteiger partial charge is 0.382 e. The molecule has 2 fully saturated rings. The second kappa shape index (κ2) is 4.71. The van der Waals surface area contributed by atoms with Crippen LogP contribution in [0.4, 0.5) is 10.1 Å². The van der Waals surface area contributed by atoms with Crippen LogP contribution < -0.4 is 5.32 Å². The highest BCUT2D eigenvalue weighted by Gasteiger charge is 2.42. The molecule has 1 saturated heterocycles. The van der Waals surface area contributed by atoms with E-state index in [0.717, 1.165) is 25.1 Å². The van der Waals surface area contributed by atoms with E-state index in [0.29, 0.717) is 6.04 Å². The van der Waals surface area contributed by atoms with Crippen LogP contribution in [0.2, 0.25) is 5.02 Å². The van der Waals surface area contributed by atoms with Crippen molar-refractivity contribution < 1.29 is 9.13 Å². The highest BCUT2D eigenvalue weighted by Crippen LogP contribution is 2.42. The lowest BCUT2D eigenvalue weighted by Crippen LogP contribution is -2.49. The van der Waals surface area contributed by atoms with Crippen molar-refractivity contribution in [1.82, 2.24) is 0 Å². The number of halogens is 2. The number of nitrogens with one attached hydrogen (secondary N) is 1. The van der Waals surface area contributed by atoms with E-state index in [-0.39, 0.29) is 16.4 Å². The Labute approximate surface area is 111 Å². The maximum Gasteiger partial charge on any atom is 0.143 e. The summed E-state index contributed by atoms with van der Waals surface area (Å²) in [6, 6.07) is 5.26. The fraction of sp³-hybridized carbons (Fsp3) is 0.571. The molecule has 3 rings (SSSR count). The monoisotopic (exact) mass is 269 g/mol. The Kier molecular flexibility index (Phi) is 3.20. The minimum atomic E-state index is -0.368. The maximum absolute atomic E-state index is 13.4. The molecule has 98 valence electrons. The number of rotatable bonds is 2. The summed E-state index contributed by atoms with van der Waals surface area (Å²) in [6.07, 6.45) is 5.60. The van der Waals surface area contributed by atoms with Gasteiger partial charge in [-0.2, -0.15) is 0 Å². The third kappa shape index (κ3) is 2.34. The van der Waals surface area contributed by atoms with E-state index in [9.17, 15) is 4.39 Å². The van der Waals surface area contributed by atoms with E-state index in [1.807, 2.05) is 6.07 Å². The Morgan fingerprint density at radius 2 is 2.22 bits per heavy atom. The molecule has 4 heteroatoms. The average molecular weight is 270 g/mol. The molecule has 1 aromatic rings. The van der Waals surface area contributed by atoms with E-state index < -0.39 is 0 Å². The van der Waals surface area contributed by atoms with Crippen molar-refractivity contribution in [1.29, 1.82) is 0 Å². The van der Waals surface area contributed by atoms with Crippen LogP contribution in [0.3, 0.4) is 0 Å². The van der Waals surface area contributed by atoms with Gasteiger partial charge in [0.2, 0.25) is 0 Å². The highest BCUT2D eigenvalue weighted by molar-refractivity contribution is 6.30. The lowest BCUT2D eigenvalue weighted by atomic mass is 9.74. The molecule has 0 bridgehead atoms. The minimum absolute atomic E-state index is 0.112. The van der Waals surface area contributed by atoms with Gasteiger partial charge in [-0.15, -0.1) is 0 Å². The Balaban J connectivity index is 1.66. The molecule has 2 nitrogen and oxygen atoms in total. The third-order valence-electron chi connectivity index (χ3n) is 4.05. The van der Waals surface area contributed by atoms with Crippen LogP contribution in [0.25, 0.3) is 0 Å². The topological polar surface area (TPSA) is 21.3 Å². The van der Waals surface area contributed by atoms with Crippen LogP contribution in [-0.2, 0) is 4.74 Å². The lowest BCUT2D eigenvalue weighted by Gasteiger charge is -2.47. The molecule has 1 aliphatic carbocycles. The van der Waals surface area contributed by atoms with Gasteiger partial charge in [0.15, 0.2) is 0 Å². The van der Waals surface area contributed by atoms with Gasteiger partial charge in [0, 0.05) is 18.3 Å². The van der Waals surface area contributed by atoms with Gasteiger partial charge in [0.1, 0.15) is 5.82 Å². The van der Waals surface area contributed by atoms with Crippen molar-refractivity contribution in [2.24, 2.45) is 0 Å². The van der Waals surface area contributed by atoms with Crippen molar-refractivity contribution in [2.75, 3.05) is 11.9 Å². The molecule has 1 atom stereocenters. The molecule has 2 aliphatic rings. The molecule has 18 heavy (non-hydrogen) atoms. The first kappa shape index (κ1) is 12.2. The molecule has 1 heterocycles. The molecule has 1 spiro atoms. The van der Waals surface area contributed by atoms with Crippen molar-refractivity contribution in [3.8, 4) is 0 Å². The average Bonchev–Trinajstić information content (AvgIpc) is 2.32. The molecule has 0 amide bonds. The zero-order valence-electron chi connectivity index (χ0n) is 10.2. The summed E-state index contributed by atoms with van der Waals surface area (Å²) in [5.74, 6) is -0.368. The molecule has 1 saturated carbocycles. The molecule has 0 aromatic heterocycles. The lowest BCUT2D eigenvalue weighted by molar-refractivity contribution is -0.130. The quantitative estimate of drug-likeness (QED) is 0.876. The fourth-order valence-corrected chi connectivity index (χ4v) is 3.01. The van der Waals surface area contributed by atoms with Gasteiger partial charge in [0.25, 0.3) is 0 Å². The molecule has 1 aliphatic heterocycles. The molecule has 0 radical (unpaired) electrons. The number of hydrogen-bond acceptors (Lipinski definition) is 2. The first-order valence-electron chi connectivity index (χ1n) is 6.52. The van der Waals surface area contributed by atoms with Crippen molar-refractivity contribution in [3.63, 3.8) is 0 Å². The van der Waals surface area contributed by atoms with Gasteiger partial charge in [-0.1, -0.05) is 11.6 Å². The van der Waals surface area contributed by atoms with Crippen LogP contribution in [0.15, 0.2) is 18.2 Å². The fourth-order valence-electron chi connectivity index (χ4n) is 2.89. The molecule has 1 N–H and O–H groups in total. The second-order valence-electron chi connectivity index (χ2n) is 5.35. The number of ether oxygens (including phenoxy) is 1. The van der Waals surface area contributed by atoms with Gasteiger partial charge in [-0.25, -0.2) is 4.39 Å². The van der Waals surface area contributed by atoms with Gasteiger partial charge < -0.3 is 10.1 Å². The SMILES string of the molecule is Fc1cc(NC2CCOC3(CCC3)C2)ccc1Cl. The summed E-state index contributed by atoms with van der Waals surface area (Å²) >= 11 is 5.68. The second-order valence-corrected chi connectivity index (χ2v) is 5.76. The van der Waals surface area contributed by atoms with Crippen LogP contribution in [0, 0.1) is 5.82 Å². The van der Waals surface area contributed by atoms with E-state index in [1.165, 1.54) is 25.3 Å². The standard InChI is InChI=1S/C14H17ClFNO/c15-12-3-2-10(8-13(12)16)17-11-4-7-18-14(9-11)5-1-6-14/h2-3,8,11,17H,1,4-7,9H2. The Hall–Kier alpha value is -0.800. The molecule has 1 unspecified atom stereocenters. The zero-order chi connectivity index (χ0) is 12.6. The van der Waals surface area contributed by atoms with Crippen molar-refractivity contribution in [2.45, 2.75) is 43.7 Å². The Bertz CT molecular complexity index is 447. The van der Waals surface area contributed by atoms with Crippen LogP contribution in [0.5, 0.6) is 0 Å². The predicted molar refractivity (Wildman–Crippen MR) is 70.6 cm³/mol. The van der Waals surface area contributed by atoms with Crippen LogP contribution in [-0.4, -0.2) is 18.2 Å². The Morgan fingerprint density at radius 1 is 1.39 bits per heavy atom. The van der Waals surface area contributed by atoms with Gasteiger partial charge in [-0.05, 0) is 50.3 Å². The van der Waals surface area contributed by atoms with E-state index in [2.05, 4.69) is 5.32 Å². The summed E-state index contributed by atoms with van der Waals surface area (Å²) in [5.41, 5.74) is 0.916. The summed E-state index contributed by atoms with van der Waals surface area (Å²) in [5, 5.41) is 3.56. The predicted octanol–water partition coefficient (Wildman–Crippen LogP) is 3.99.